The first-order valence-corrected chi connectivity index (χ1v) is 6.39. The van der Waals surface area contributed by atoms with Crippen molar-refractivity contribution in [2.24, 2.45) is 5.73 Å². The highest BCUT2D eigenvalue weighted by molar-refractivity contribution is 7.21. The Labute approximate surface area is 113 Å². The highest BCUT2D eigenvalue weighted by atomic mass is 32.1. The van der Waals surface area contributed by atoms with Crippen LogP contribution in [0.4, 0.5) is 5.69 Å². The lowest BCUT2D eigenvalue weighted by Gasteiger charge is -2.11. The Balaban J connectivity index is 2.22. The molecule has 0 saturated carbocycles. The lowest BCUT2D eigenvalue weighted by molar-refractivity contribution is -0.118. The highest BCUT2D eigenvalue weighted by Gasteiger charge is 2.19. The van der Waals surface area contributed by atoms with Crippen LogP contribution in [0.1, 0.15) is 23.0 Å². The fourth-order valence-corrected chi connectivity index (χ4v) is 2.58. The summed E-state index contributed by atoms with van der Waals surface area (Å²) in [6.07, 6.45) is 3.13. The van der Waals surface area contributed by atoms with Crippen molar-refractivity contribution in [1.29, 1.82) is 0 Å². The average Bonchev–Trinajstić information content (AvgIpc) is 2.66. The predicted molar refractivity (Wildman–Crippen MR) is 72.6 cm³/mol. The van der Waals surface area contributed by atoms with Crippen molar-refractivity contribution < 1.29 is 9.59 Å². The second-order valence-corrected chi connectivity index (χ2v) is 5.10. The van der Waals surface area contributed by atoms with E-state index < -0.39 is 5.91 Å². The number of nitrogen functional groups attached to an aromatic ring is 1. The summed E-state index contributed by atoms with van der Waals surface area (Å²) in [5.74, 6) is -0.823. The Bertz CT molecular complexity index is 639. The van der Waals surface area contributed by atoms with E-state index in [9.17, 15) is 9.59 Å². The van der Waals surface area contributed by atoms with E-state index in [2.05, 4.69) is 15.3 Å². The molecule has 7 nitrogen and oxygen atoms in total. The number of carbonyl (C=O) groups is 2. The third kappa shape index (κ3) is 2.79. The van der Waals surface area contributed by atoms with Gasteiger partial charge in [-0.05, 0) is 6.92 Å². The number of nitrogens with zero attached hydrogens (tertiary/aromatic N) is 2. The van der Waals surface area contributed by atoms with E-state index in [0.29, 0.717) is 20.9 Å². The zero-order chi connectivity index (χ0) is 14.0. The first-order valence-electron chi connectivity index (χ1n) is 5.57. The second kappa shape index (κ2) is 5.19. The molecule has 2 rings (SSSR count). The molecular weight excluding hydrogens is 266 g/mol. The molecule has 0 spiro atoms. The summed E-state index contributed by atoms with van der Waals surface area (Å²) in [4.78, 5) is 31.9. The summed E-state index contributed by atoms with van der Waals surface area (Å²) in [5.41, 5.74) is 11.8. The van der Waals surface area contributed by atoms with Crippen LogP contribution in [-0.4, -0.2) is 27.8 Å². The Hall–Kier alpha value is -2.22. The standard InChI is InChI=1S/C11H13N5O2S/c1-5(4-6(12)17)16-10(18)9-7(13)8-11(19-9)15-3-2-14-8/h2-3,5H,4,13H2,1H3,(H2,12,17)(H,16,18). The van der Waals surface area contributed by atoms with Crippen LogP contribution >= 0.6 is 11.3 Å². The minimum absolute atomic E-state index is 0.0764. The summed E-state index contributed by atoms with van der Waals surface area (Å²) < 4.78 is 0. The van der Waals surface area contributed by atoms with Gasteiger partial charge in [-0.3, -0.25) is 9.59 Å². The molecule has 0 fully saturated rings. The Morgan fingerprint density at radius 3 is 2.74 bits per heavy atom. The topological polar surface area (TPSA) is 124 Å². The molecule has 0 bridgehead atoms. The van der Waals surface area contributed by atoms with Crippen LogP contribution in [0.2, 0.25) is 0 Å². The van der Waals surface area contributed by atoms with Crippen LogP contribution in [-0.2, 0) is 4.79 Å². The van der Waals surface area contributed by atoms with Gasteiger partial charge in [0, 0.05) is 24.9 Å². The molecule has 1 unspecified atom stereocenters. The number of thiophene rings is 1. The lowest BCUT2D eigenvalue weighted by atomic mass is 10.2. The molecule has 0 radical (unpaired) electrons. The molecule has 19 heavy (non-hydrogen) atoms. The van der Waals surface area contributed by atoms with E-state index >= 15 is 0 Å². The number of hydrogen-bond donors (Lipinski definition) is 3. The molecule has 2 amide bonds. The van der Waals surface area contributed by atoms with Crippen molar-refractivity contribution in [3.05, 3.63) is 17.3 Å². The van der Waals surface area contributed by atoms with Gasteiger partial charge in [-0.15, -0.1) is 11.3 Å². The summed E-state index contributed by atoms with van der Waals surface area (Å²) in [7, 11) is 0. The molecule has 2 heterocycles. The van der Waals surface area contributed by atoms with Crippen LogP contribution in [0, 0.1) is 0 Å². The number of nitrogens with two attached hydrogens (primary N) is 2. The van der Waals surface area contributed by atoms with E-state index in [1.807, 2.05) is 0 Å². The van der Waals surface area contributed by atoms with Crippen molar-refractivity contribution in [3.63, 3.8) is 0 Å². The van der Waals surface area contributed by atoms with E-state index in [4.69, 9.17) is 11.5 Å². The Kier molecular flexibility index (Phi) is 3.61. The van der Waals surface area contributed by atoms with Crippen LogP contribution in [0.3, 0.4) is 0 Å². The number of rotatable bonds is 4. The van der Waals surface area contributed by atoms with Gasteiger partial charge < -0.3 is 16.8 Å². The van der Waals surface area contributed by atoms with Gasteiger partial charge in [0.05, 0.1) is 5.69 Å². The summed E-state index contributed by atoms with van der Waals surface area (Å²) in [6, 6.07) is -0.351. The normalized spacial score (nSPS) is 12.3. The van der Waals surface area contributed by atoms with E-state index in [1.54, 1.807) is 6.92 Å². The SMILES string of the molecule is CC(CC(N)=O)NC(=O)c1sc2nccnc2c1N. The van der Waals surface area contributed by atoms with Gasteiger partial charge in [-0.1, -0.05) is 0 Å². The largest absolute Gasteiger partial charge is 0.396 e. The molecule has 100 valence electrons. The monoisotopic (exact) mass is 279 g/mol. The van der Waals surface area contributed by atoms with Gasteiger partial charge in [0.1, 0.15) is 15.2 Å². The number of anilines is 1. The Morgan fingerprint density at radius 2 is 2.11 bits per heavy atom. The molecule has 2 aromatic heterocycles. The molecule has 0 saturated heterocycles. The molecule has 8 heteroatoms. The van der Waals surface area contributed by atoms with Gasteiger partial charge in [0.25, 0.3) is 5.91 Å². The summed E-state index contributed by atoms with van der Waals surface area (Å²) in [5, 5.41) is 2.66. The zero-order valence-electron chi connectivity index (χ0n) is 10.2. The maximum atomic E-state index is 12.0. The fourth-order valence-electron chi connectivity index (χ4n) is 1.65. The first-order chi connectivity index (χ1) is 8.99. The van der Waals surface area contributed by atoms with Crippen LogP contribution in [0.15, 0.2) is 12.4 Å². The number of carbonyl (C=O) groups excluding carboxylic acids is 2. The maximum absolute atomic E-state index is 12.0. The quantitative estimate of drug-likeness (QED) is 0.740. The molecular formula is C11H13N5O2S. The number of amides is 2. The van der Waals surface area contributed by atoms with Gasteiger partial charge in [-0.2, -0.15) is 0 Å². The number of nitrogens with one attached hydrogen (secondary N) is 1. The van der Waals surface area contributed by atoms with Crippen LogP contribution in [0.25, 0.3) is 10.3 Å². The maximum Gasteiger partial charge on any atom is 0.263 e. The number of hydrogen-bond acceptors (Lipinski definition) is 6. The summed E-state index contributed by atoms with van der Waals surface area (Å²) in [6.45, 7) is 1.70. The molecule has 0 aromatic carbocycles. The average molecular weight is 279 g/mol. The number of fused-ring (bicyclic) bond motifs is 1. The van der Waals surface area contributed by atoms with Gasteiger partial charge in [0.15, 0.2) is 0 Å². The fraction of sp³-hybridized carbons (Fsp3) is 0.273. The summed E-state index contributed by atoms with van der Waals surface area (Å²) >= 11 is 1.17. The molecule has 0 aliphatic carbocycles. The Morgan fingerprint density at radius 1 is 1.42 bits per heavy atom. The van der Waals surface area contributed by atoms with Crippen molar-refractivity contribution in [2.45, 2.75) is 19.4 Å². The third-order valence-corrected chi connectivity index (χ3v) is 3.56. The van der Waals surface area contributed by atoms with Crippen LogP contribution in [0.5, 0.6) is 0 Å². The number of aromatic nitrogens is 2. The van der Waals surface area contributed by atoms with Gasteiger partial charge >= 0.3 is 0 Å². The van der Waals surface area contributed by atoms with E-state index in [1.165, 1.54) is 23.7 Å². The van der Waals surface area contributed by atoms with Crippen molar-refractivity contribution in [1.82, 2.24) is 15.3 Å². The van der Waals surface area contributed by atoms with Gasteiger partial charge in [0.2, 0.25) is 5.91 Å². The first kappa shape index (κ1) is 13.2. The third-order valence-electron chi connectivity index (χ3n) is 2.45. The predicted octanol–water partition coefficient (Wildman–Crippen LogP) is 0.267. The van der Waals surface area contributed by atoms with Crippen molar-refractivity contribution in [3.8, 4) is 0 Å². The minimum atomic E-state index is -0.472. The number of primary amides is 1. The van der Waals surface area contributed by atoms with Crippen LogP contribution < -0.4 is 16.8 Å². The van der Waals surface area contributed by atoms with Crippen molar-refractivity contribution in [2.75, 3.05) is 5.73 Å². The molecule has 5 N–H and O–H groups in total. The molecule has 0 aliphatic heterocycles. The minimum Gasteiger partial charge on any atom is -0.396 e. The smallest absolute Gasteiger partial charge is 0.263 e. The molecule has 0 aliphatic rings. The highest BCUT2D eigenvalue weighted by Crippen LogP contribution is 2.30. The van der Waals surface area contributed by atoms with E-state index in [-0.39, 0.29) is 18.4 Å². The lowest BCUT2D eigenvalue weighted by Crippen LogP contribution is -2.35. The second-order valence-electron chi connectivity index (χ2n) is 4.10. The van der Waals surface area contributed by atoms with Gasteiger partial charge in [-0.25, -0.2) is 9.97 Å². The molecule has 1 atom stereocenters. The van der Waals surface area contributed by atoms with E-state index in [0.717, 1.165) is 0 Å². The van der Waals surface area contributed by atoms with Crippen molar-refractivity contribution >= 4 is 39.2 Å². The molecule has 2 aromatic rings. The zero-order valence-corrected chi connectivity index (χ0v) is 11.0.